The summed E-state index contributed by atoms with van der Waals surface area (Å²) in [6.07, 6.45) is 0.215. The Bertz CT molecular complexity index is 463. The lowest BCUT2D eigenvalue weighted by Gasteiger charge is -2.18. The topological polar surface area (TPSA) is 70.8 Å². The maximum Gasteiger partial charge on any atom is 0.307 e. The Labute approximate surface area is 144 Å². The van der Waals surface area contributed by atoms with E-state index in [9.17, 15) is 4.79 Å². The third-order valence-electron chi connectivity index (χ3n) is 2.77. The molecule has 0 spiro atoms. The minimum absolute atomic E-state index is 0. The fourth-order valence-corrected chi connectivity index (χ4v) is 2.01. The normalized spacial score (nSPS) is 11.8. The molecule has 0 amide bonds. The van der Waals surface area contributed by atoms with Gasteiger partial charge in [0.15, 0.2) is 0 Å². The van der Waals surface area contributed by atoms with Crippen LogP contribution in [0.2, 0.25) is 0 Å². The number of esters is 1. The molecule has 1 aromatic carbocycles. The van der Waals surface area contributed by atoms with Gasteiger partial charge in [-0.15, -0.1) is 12.4 Å². The summed E-state index contributed by atoms with van der Waals surface area (Å²) in [5, 5.41) is 0. The van der Waals surface area contributed by atoms with Crippen LogP contribution in [0.1, 0.15) is 52.6 Å². The van der Waals surface area contributed by atoms with Crippen LogP contribution in [0.3, 0.4) is 0 Å². The summed E-state index contributed by atoms with van der Waals surface area (Å²) in [4.78, 5) is 11.6. The average molecular weight is 346 g/mol. The van der Waals surface area contributed by atoms with Crippen LogP contribution in [0, 0.1) is 0 Å². The summed E-state index contributed by atoms with van der Waals surface area (Å²) >= 11 is 0. The number of benzene rings is 1. The lowest BCUT2D eigenvalue weighted by Crippen LogP contribution is -2.18. The van der Waals surface area contributed by atoms with Gasteiger partial charge in [0.2, 0.25) is 0 Å². The van der Waals surface area contributed by atoms with Gasteiger partial charge in [-0.2, -0.15) is 0 Å². The number of hydrogen-bond acceptors (Lipinski definition) is 5. The predicted molar refractivity (Wildman–Crippen MR) is 93.4 cm³/mol. The highest BCUT2D eigenvalue weighted by molar-refractivity contribution is 5.85. The number of carbonyl (C=O) groups is 1. The molecule has 6 heteroatoms. The highest BCUT2D eigenvalue weighted by atomic mass is 35.5. The molecular formula is C17H28ClNO4. The molecule has 0 radical (unpaired) electrons. The molecule has 0 bridgehead atoms. The first kappa shape index (κ1) is 21.5. The van der Waals surface area contributed by atoms with Gasteiger partial charge < -0.3 is 19.9 Å². The zero-order chi connectivity index (χ0) is 16.7. The van der Waals surface area contributed by atoms with Crippen molar-refractivity contribution in [3.8, 4) is 11.5 Å². The third kappa shape index (κ3) is 8.09. The number of halogens is 1. The molecule has 1 atom stereocenters. The second kappa shape index (κ2) is 10.3. The second-order valence-electron chi connectivity index (χ2n) is 5.69. The number of carbonyl (C=O) groups excluding carboxylic acids is 1. The molecule has 0 heterocycles. The molecular weight excluding hydrogens is 318 g/mol. The molecule has 5 nitrogen and oxygen atoms in total. The number of nitrogens with two attached hydrogens (primary N) is 1. The monoisotopic (exact) mass is 345 g/mol. The van der Waals surface area contributed by atoms with E-state index in [1.807, 2.05) is 45.9 Å². The van der Waals surface area contributed by atoms with E-state index in [2.05, 4.69) is 0 Å². The Hall–Kier alpha value is -1.46. The van der Waals surface area contributed by atoms with Crippen molar-refractivity contribution in [3.63, 3.8) is 0 Å². The number of ether oxygens (including phenoxy) is 3. The molecule has 2 N–H and O–H groups in total. The van der Waals surface area contributed by atoms with E-state index in [4.69, 9.17) is 19.9 Å². The quantitative estimate of drug-likeness (QED) is 0.728. The summed E-state index contributed by atoms with van der Waals surface area (Å²) in [6.45, 7) is 9.93. The van der Waals surface area contributed by atoms with Gasteiger partial charge in [0, 0.05) is 12.1 Å². The Morgan fingerprint density at radius 2 is 1.52 bits per heavy atom. The smallest absolute Gasteiger partial charge is 0.307 e. The van der Waals surface area contributed by atoms with Gasteiger partial charge >= 0.3 is 5.97 Å². The zero-order valence-electron chi connectivity index (χ0n) is 14.5. The van der Waals surface area contributed by atoms with Crippen molar-refractivity contribution in [1.29, 1.82) is 0 Å². The van der Waals surface area contributed by atoms with Crippen molar-refractivity contribution in [1.82, 2.24) is 0 Å². The molecule has 23 heavy (non-hydrogen) atoms. The van der Waals surface area contributed by atoms with E-state index in [0.29, 0.717) is 18.1 Å². The van der Waals surface area contributed by atoms with Crippen LogP contribution in [0.4, 0.5) is 0 Å². The summed E-state index contributed by atoms with van der Waals surface area (Å²) in [5.74, 6) is 1.06. The largest absolute Gasteiger partial charge is 0.491 e. The van der Waals surface area contributed by atoms with Crippen LogP contribution < -0.4 is 15.2 Å². The molecule has 0 aliphatic carbocycles. The Kier molecular flexibility index (Phi) is 9.68. The molecule has 132 valence electrons. The first-order valence-electron chi connectivity index (χ1n) is 7.71. The van der Waals surface area contributed by atoms with E-state index in [-0.39, 0.29) is 37.0 Å². The third-order valence-corrected chi connectivity index (χ3v) is 2.77. The number of hydrogen-bond donors (Lipinski definition) is 1. The molecule has 0 aromatic heterocycles. The van der Waals surface area contributed by atoms with Gasteiger partial charge in [0.1, 0.15) is 11.5 Å². The van der Waals surface area contributed by atoms with Crippen LogP contribution in [0.15, 0.2) is 18.2 Å². The van der Waals surface area contributed by atoms with Crippen molar-refractivity contribution in [2.24, 2.45) is 5.73 Å². The zero-order valence-corrected chi connectivity index (χ0v) is 15.3. The van der Waals surface area contributed by atoms with Crippen molar-refractivity contribution >= 4 is 18.4 Å². The minimum atomic E-state index is -0.454. The van der Waals surface area contributed by atoms with Crippen LogP contribution in [0.25, 0.3) is 0 Å². The first-order chi connectivity index (χ1) is 10.3. The van der Waals surface area contributed by atoms with E-state index in [0.717, 1.165) is 5.56 Å². The SMILES string of the molecule is CCOC(=O)CC(N)c1cc(OC(C)C)cc(OC(C)C)c1.Cl. The molecule has 0 fully saturated rings. The van der Waals surface area contributed by atoms with Gasteiger partial charge in [0.25, 0.3) is 0 Å². The van der Waals surface area contributed by atoms with Gasteiger partial charge in [-0.25, -0.2) is 0 Å². The standard InChI is InChI=1S/C17H27NO4.ClH/c1-6-20-17(19)10-16(18)13-7-14(21-11(2)3)9-15(8-13)22-12(4)5;/h7-9,11-12,16H,6,10,18H2,1-5H3;1H. The Morgan fingerprint density at radius 3 is 1.91 bits per heavy atom. The van der Waals surface area contributed by atoms with Gasteiger partial charge in [0.05, 0.1) is 25.2 Å². The van der Waals surface area contributed by atoms with Crippen molar-refractivity contribution in [2.75, 3.05) is 6.61 Å². The van der Waals surface area contributed by atoms with Crippen molar-refractivity contribution in [3.05, 3.63) is 23.8 Å². The fraction of sp³-hybridized carbons (Fsp3) is 0.588. The van der Waals surface area contributed by atoms with Crippen molar-refractivity contribution in [2.45, 2.75) is 59.3 Å². The van der Waals surface area contributed by atoms with Crippen LogP contribution in [-0.2, 0) is 9.53 Å². The molecule has 1 unspecified atom stereocenters. The van der Waals surface area contributed by atoms with E-state index in [1.54, 1.807) is 6.92 Å². The lowest BCUT2D eigenvalue weighted by molar-refractivity contribution is -0.143. The average Bonchev–Trinajstić information content (AvgIpc) is 2.36. The number of rotatable bonds is 8. The first-order valence-corrected chi connectivity index (χ1v) is 7.71. The fourth-order valence-electron chi connectivity index (χ4n) is 2.01. The van der Waals surface area contributed by atoms with Crippen LogP contribution in [0.5, 0.6) is 11.5 Å². The van der Waals surface area contributed by atoms with E-state index < -0.39 is 6.04 Å². The highest BCUT2D eigenvalue weighted by Crippen LogP contribution is 2.28. The van der Waals surface area contributed by atoms with Gasteiger partial charge in [-0.1, -0.05) is 0 Å². The Balaban J connectivity index is 0.00000484. The van der Waals surface area contributed by atoms with E-state index >= 15 is 0 Å². The molecule has 1 rings (SSSR count). The minimum Gasteiger partial charge on any atom is -0.491 e. The van der Waals surface area contributed by atoms with Crippen molar-refractivity contribution < 1.29 is 19.0 Å². The van der Waals surface area contributed by atoms with E-state index in [1.165, 1.54) is 0 Å². The Morgan fingerprint density at radius 1 is 1.04 bits per heavy atom. The molecule has 1 aromatic rings. The summed E-state index contributed by atoms with van der Waals surface area (Å²) in [5.41, 5.74) is 6.91. The second-order valence-corrected chi connectivity index (χ2v) is 5.69. The van der Waals surface area contributed by atoms with Gasteiger partial charge in [-0.05, 0) is 52.3 Å². The maximum atomic E-state index is 11.6. The maximum absolute atomic E-state index is 11.6. The van der Waals surface area contributed by atoms with Crippen LogP contribution in [-0.4, -0.2) is 24.8 Å². The molecule has 0 saturated carbocycles. The summed E-state index contributed by atoms with van der Waals surface area (Å²) in [6, 6.07) is 5.07. The lowest BCUT2D eigenvalue weighted by atomic mass is 10.0. The highest BCUT2D eigenvalue weighted by Gasteiger charge is 2.15. The van der Waals surface area contributed by atoms with Crippen LogP contribution >= 0.6 is 12.4 Å². The molecule has 0 aliphatic heterocycles. The summed E-state index contributed by atoms with van der Waals surface area (Å²) < 4.78 is 16.4. The summed E-state index contributed by atoms with van der Waals surface area (Å²) in [7, 11) is 0. The molecule has 0 saturated heterocycles. The molecule has 0 aliphatic rings. The predicted octanol–water partition coefficient (Wildman–Crippen LogP) is 3.64. The van der Waals surface area contributed by atoms with Gasteiger partial charge in [-0.3, -0.25) is 4.79 Å².